The number of halogens is 2. The maximum Gasteiger partial charge on any atom is 0.229 e. The molecule has 2 nitrogen and oxygen atoms in total. The van der Waals surface area contributed by atoms with E-state index in [2.05, 4.69) is 19.2 Å². The van der Waals surface area contributed by atoms with Crippen LogP contribution in [0.3, 0.4) is 0 Å². The molecule has 0 aromatic rings. The van der Waals surface area contributed by atoms with E-state index < -0.39 is 9.75 Å². The third-order valence-corrected chi connectivity index (χ3v) is 5.88. The van der Waals surface area contributed by atoms with Crippen LogP contribution >= 0.6 is 23.2 Å². The van der Waals surface area contributed by atoms with Crippen LogP contribution in [-0.2, 0) is 4.79 Å². The normalized spacial score (nSPS) is 44.2. The van der Waals surface area contributed by atoms with Gasteiger partial charge in [-0.3, -0.25) is 4.79 Å². The van der Waals surface area contributed by atoms with Gasteiger partial charge in [-0.15, -0.1) is 23.2 Å². The van der Waals surface area contributed by atoms with Crippen molar-refractivity contribution in [2.45, 2.75) is 56.8 Å². The van der Waals surface area contributed by atoms with Crippen molar-refractivity contribution in [2.24, 2.45) is 17.3 Å². The van der Waals surface area contributed by atoms with E-state index in [0.29, 0.717) is 18.3 Å². The molecule has 0 bridgehead atoms. The summed E-state index contributed by atoms with van der Waals surface area (Å²) in [5.74, 6) is 1.24. The first-order valence-electron chi connectivity index (χ1n) is 6.47. The second-order valence-corrected chi connectivity index (χ2v) is 7.54. The molecule has 2 aliphatic rings. The molecule has 0 unspecified atom stereocenters. The van der Waals surface area contributed by atoms with Gasteiger partial charge in [0.25, 0.3) is 0 Å². The minimum absolute atomic E-state index is 0.0217. The fourth-order valence-corrected chi connectivity index (χ4v) is 3.47. The van der Waals surface area contributed by atoms with Gasteiger partial charge < -0.3 is 5.32 Å². The first kappa shape index (κ1) is 13.5. The van der Waals surface area contributed by atoms with Crippen molar-refractivity contribution in [3.8, 4) is 0 Å². The smallest absolute Gasteiger partial charge is 0.229 e. The van der Waals surface area contributed by atoms with Gasteiger partial charge in [0.15, 0.2) is 0 Å². The molecule has 0 aliphatic heterocycles. The molecule has 17 heavy (non-hydrogen) atoms. The molecule has 2 saturated carbocycles. The first-order chi connectivity index (χ1) is 7.78. The van der Waals surface area contributed by atoms with Crippen LogP contribution in [0.4, 0.5) is 0 Å². The van der Waals surface area contributed by atoms with E-state index in [0.717, 1.165) is 6.42 Å². The highest BCUT2D eigenvalue weighted by Crippen LogP contribution is 2.63. The molecule has 0 radical (unpaired) electrons. The zero-order valence-corrected chi connectivity index (χ0v) is 12.2. The van der Waals surface area contributed by atoms with Gasteiger partial charge in [-0.2, -0.15) is 0 Å². The van der Waals surface area contributed by atoms with E-state index in [-0.39, 0.29) is 11.9 Å². The lowest BCUT2D eigenvalue weighted by Gasteiger charge is -2.35. The Morgan fingerprint density at radius 2 is 1.88 bits per heavy atom. The number of carbonyl (C=O) groups excluding carboxylic acids is 1. The molecule has 1 N–H and O–H groups in total. The number of nitrogens with one attached hydrogen (secondary N) is 1. The number of amides is 1. The molecule has 1 amide bonds. The maximum absolute atomic E-state index is 12.2. The molecule has 2 rings (SSSR count). The SMILES string of the molecule is C[C@@H]1[C@H](C)CCC[C@H]1NC(=O)[C@]1(C)CC1(Cl)Cl. The Morgan fingerprint density at radius 3 is 2.41 bits per heavy atom. The van der Waals surface area contributed by atoms with Crippen LogP contribution in [0.15, 0.2) is 0 Å². The predicted molar refractivity (Wildman–Crippen MR) is 71.3 cm³/mol. The zero-order chi connectivity index (χ0) is 12.8. The average molecular weight is 278 g/mol. The van der Waals surface area contributed by atoms with Crippen LogP contribution in [0.25, 0.3) is 0 Å². The molecule has 0 aromatic heterocycles. The summed E-state index contributed by atoms with van der Waals surface area (Å²) < 4.78 is -0.861. The largest absolute Gasteiger partial charge is 0.353 e. The summed E-state index contributed by atoms with van der Waals surface area (Å²) in [5.41, 5.74) is -0.587. The van der Waals surface area contributed by atoms with E-state index in [1.165, 1.54) is 12.8 Å². The van der Waals surface area contributed by atoms with Gasteiger partial charge in [0.1, 0.15) is 4.33 Å². The Morgan fingerprint density at radius 1 is 1.29 bits per heavy atom. The summed E-state index contributed by atoms with van der Waals surface area (Å²) in [6, 6.07) is 0.285. The Labute approximate surface area is 113 Å². The minimum Gasteiger partial charge on any atom is -0.353 e. The molecule has 2 aliphatic carbocycles. The number of carbonyl (C=O) groups is 1. The van der Waals surface area contributed by atoms with E-state index in [4.69, 9.17) is 23.2 Å². The van der Waals surface area contributed by atoms with E-state index in [1.54, 1.807) is 0 Å². The molecule has 0 saturated heterocycles. The fourth-order valence-electron chi connectivity index (χ4n) is 2.76. The average Bonchev–Trinajstić information content (AvgIpc) is 2.75. The van der Waals surface area contributed by atoms with Crippen molar-refractivity contribution >= 4 is 29.1 Å². The summed E-state index contributed by atoms with van der Waals surface area (Å²) in [4.78, 5) is 12.2. The Balaban J connectivity index is 1.95. The van der Waals surface area contributed by atoms with Gasteiger partial charge in [-0.05, 0) is 31.6 Å². The van der Waals surface area contributed by atoms with Gasteiger partial charge in [0, 0.05) is 6.04 Å². The van der Waals surface area contributed by atoms with Gasteiger partial charge in [-0.1, -0.05) is 26.7 Å². The Kier molecular flexibility index (Phi) is 3.42. The minimum atomic E-state index is -0.861. The van der Waals surface area contributed by atoms with Gasteiger partial charge in [0.05, 0.1) is 5.41 Å². The number of hydrogen-bond acceptors (Lipinski definition) is 1. The van der Waals surface area contributed by atoms with Crippen LogP contribution in [0, 0.1) is 17.3 Å². The lowest BCUT2D eigenvalue weighted by Crippen LogP contribution is -2.46. The third kappa shape index (κ3) is 2.31. The molecular weight excluding hydrogens is 257 g/mol. The number of alkyl halides is 2. The standard InChI is InChI=1S/C13H21Cl2NO/c1-8-5-4-6-10(9(8)2)16-11(17)12(3)7-13(12,14)15/h8-10H,4-7H2,1-3H3,(H,16,17)/t8-,9-,10-,12+/m1/s1. The van der Waals surface area contributed by atoms with Crippen LogP contribution in [0.5, 0.6) is 0 Å². The van der Waals surface area contributed by atoms with Crippen molar-refractivity contribution in [3.05, 3.63) is 0 Å². The number of hydrogen-bond donors (Lipinski definition) is 1. The van der Waals surface area contributed by atoms with Crippen LogP contribution in [0.1, 0.15) is 46.5 Å². The van der Waals surface area contributed by atoms with Crippen molar-refractivity contribution in [3.63, 3.8) is 0 Å². The molecule has 0 spiro atoms. The monoisotopic (exact) mass is 277 g/mol. The lowest BCUT2D eigenvalue weighted by molar-refractivity contribution is -0.127. The Hall–Kier alpha value is 0.0500. The third-order valence-electron chi connectivity index (χ3n) is 4.78. The molecule has 4 atom stereocenters. The highest BCUT2D eigenvalue weighted by molar-refractivity contribution is 6.53. The van der Waals surface area contributed by atoms with Gasteiger partial charge >= 0.3 is 0 Å². The zero-order valence-electron chi connectivity index (χ0n) is 10.7. The van der Waals surface area contributed by atoms with Crippen molar-refractivity contribution in [1.82, 2.24) is 5.32 Å². The quantitative estimate of drug-likeness (QED) is 0.769. The first-order valence-corrected chi connectivity index (χ1v) is 7.22. The van der Waals surface area contributed by atoms with Gasteiger partial charge in [-0.25, -0.2) is 0 Å². The highest BCUT2D eigenvalue weighted by atomic mass is 35.5. The molecule has 4 heteroatoms. The van der Waals surface area contributed by atoms with Crippen LogP contribution in [-0.4, -0.2) is 16.3 Å². The highest BCUT2D eigenvalue weighted by Gasteiger charge is 2.68. The summed E-state index contributed by atoms with van der Waals surface area (Å²) in [6.45, 7) is 6.33. The molecular formula is C13H21Cl2NO. The predicted octanol–water partition coefficient (Wildman–Crippen LogP) is 3.51. The van der Waals surface area contributed by atoms with Crippen molar-refractivity contribution in [2.75, 3.05) is 0 Å². The van der Waals surface area contributed by atoms with Crippen molar-refractivity contribution < 1.29 is 4.79 Å². The van der Waals surface area contributed by atoms with Crippen LogP contribution in [0.2, 0.25) is 0 Å². The molecule has 2 fully saturated rings. The Bertz CT molecular complexity index is 331. The molecule has 0 heterocycles. The summed E-state index contributed by atoms with van der Waals surface area (Å²) >= 11 is 12.1. The fraction of sp³-hybridized carbons (Fsp3) is 0.923. The summed E-state index contributed by atoms with van der Waals surface area (Å²) in [7, 11) is 0. The maximum atomic E-state index is 12.2. The second-order valence-electron chi connectivity index (χ2n) is 6.06. The van der Waals surface area contributed by atoms with E-state index >= 15 is 0 Å². The summed E-state index contributed by atoms with van der Waals surface area (Å²) in [5, 5.41) is 3.15. The number of rotatable bonds is 2. The van der Waals surface area contributed by atoms with Crippen molar-refractivity contribution in [1.29, 1.82) is 0 Å². The van der Waals surface area contributed by atoms with E-state index in [1.807, 2.05) is 6.92 Å². The van der Waals surface area contributed by atoms with Gasteiger partial charge in [0.2, 0.25) is 5.91 Å². The second kappa shape index (κ2) is 4.31. The van der Waals surface area contributed by atoms with Crippen LogP contribution < -0.4 is 5.32 Å². The molecule has 0 aromatic carbocycles. The topological polar surface area (TPSA) is 29.1 Å². The summed E-state index contributed by atoms with van der Waals surface area (Å²) in [6.07, 6.45) is 4.09. The molecule has 98 valence electrons. The lowest BCUT2D eigenvalue weighted by atomic mass is 9.78. The van der Waals surface area contributed by atoms with E-state index in [9.17, 15) is 4.79 Å².